The monoisotopic (exact) mass is 366 g/mol. The van der Waals surface area contributed by atoms with Crippen molar-refractivity contribution < 1.29 is 21.9 Å². The van der Waals surface area contributed by atoms with Crippen molar-refractivity contribution in [1.82, 2.24) is 10.2 Å². The molecule has 0 saturated carbocycles. The molecule has 2 heterocycles. The van der Waals surface area contributed by atoms with E-state index in [1.165, 1.54) is 0 Å². The van der Waals surface area contributed by atoms with Crippen LogP contribution < -0.4 is 15.6 Å². The van der Waals surface area contributed by atoms with Crippen molar-refractivity contribution in [2.75, 3.05) is 39.3 Å². The highest BCUT2D eigenvalue weighted by Gasteiger charge is 2.34. The first kappa shape index (κ1) is 21.0. The molecule has 0 aliphatic carbocycles. The Morgan fingerprint density at radius 2 is 1.52 bits per heavy atom. The molecule has 9 nitrogen and oxygen atoms in total. The van der Waals surface area contributed by atoms with E-state index in [-0.39, 0.29) is 24.3 Å². The first-order valence-corrected chi connectivity index (χ1v) is 9.43. The maximum absolute atomic E-state index is 10.7. The van der Waals surface area contributed by atoms with Crippen molar-refractivity contribution in [3.05, 3.63) is 0 Å². The molecule has 0 radical (unpaired) electrons. The third-order valence-corrected chi connectivity index (χ3v) is 5.72. The minimum atomic E-state index is -3.33. The predicted molar refractivity (Wildman–Crippen MR) is 82.1 cm³/mol. The molecule has 6 N–H and O–H groups in total. The van der Waals surface area contributed by atoms with E-state index in [1.54, 1.807) is 0 Å². The lowest BCUT2D eigenvalue weighted by molar-refractivity contribution is 0.164. The van der Waals surface area contributed by atoms with Crippen molar-refractivity contribution >= 4 is 32.5 Å². The Morgan fingerprint density at radius 3 is 1.76 bits per heavy atom. The molecular weight excluding hydrogens is 344 g/mol. The van der Waals surface area contributed by atoms with Gasteiger partial charge in [0.2, 0.25) is 20.0 Å². The smallest absolute Gasteiger partial charge is 0.214 e. The Morgan fingerprint density at radius 1 is 1.05 bits per heavy atom. The second kappa shape index (κ2) is 8.58. The number of likely N-dealkylation sites (tertiary alicyclic amines) is 1. The number of nitrogens with zero attached hydrogens (tertiary/aromatic N) is 1. The highest BCUT2D eigenvalue weighted by atomic mass is 35.5. The van der Waals surface area contributed by atoms with Gasteiger partial charge < -0.3 is 15.3 Å². The fraction of sp³-hybridized carbons (Fsp3) is 1.00. The summed E-state index contributed by atoms with van der Waals surface area (Å²) < 4.78 is 42.2. The number of primary sulfonamides is 2. The first-order valence-electron chi connectivity index (χ1n) is 6.21. The Kier molecular flexibility index (Phi) is 8.57. The zero-order chi connectivity index (χ0) is 15.4. The highest BCUT2D eigenvalue weighted by molar-refractivity contribution is 7.90. The summed E-state index contributed by atoms with van der Waals surface area (Å²) in [5.74, 6) is 0. The second-order valence-corrected chi connectivity index (χ2v) is 8.61. The van der Waals surface area contributed by atoms with Gasteiger partial charge in [-0.25, -0.2) is 27.1 Å². The molecule has 2 rings (SSSR count). The van der Waals surface area contributed by atoms with Gasteiger partial charge in [-0.05, 0) is 6.42 Å². The molecule has 12 heteroatoms. The standard InChI is InChI=1S/C6H14N2O3S.C3H8N2O2S.ClH/c7-12(10,11)6-4-8(5-6)2-1-3-9;4-8(6,7)3-1-5-2-3;/h6,9H,1-5H2,(H2,7,10,11);3,5H,1-2H2,(H2,4,6,7);1H. The maximum atomic E-state index is 10.7. The van der Waals surface area contributed by atoms with Crippen molar-refractivity contribution in [3.8, 4) is 0 Å². The molecule has 2 saturated heterocycles. The van der Waals surface area contributed by atoms with Crippen LogP contribution in [0.2, 0.25) is 0 Å². The second-order valence-electron chi connectivity index (χ2n) is 4.92. The summed E-state index contributed by atoms with van der Waals surface area (Å²) in [5.41, 5.74) is 0. The van der Waals surface area contributed by atoms with Crippen LogP contribution in [0.3, 0.4) is 0 Å². The molecule has 128 valence electrons. The molecule has 0 bridgehead atoms. The van der Waals surface area contributed by atoms with Crippen LogP contribution in [-0.4, -0.2) is 76.7 Å². The van der Waals surface area contributed by atoms with Crippen LogP contribution >= 0.6 is 12.4 Å². The number of nitrogens with one attached hydrogen (secondary N) is 1. The Labute approximate surface area is 131 Å². The van der Waals surface area contributed by atoms with Crippen LogP contribution in [0.25, 0.3) is 0 Å². The SMILES string of the molecule is Cl.NS(=O)(=O)C1CN(CCCO)C1.NS(=O)(=O)C1CNC1. The van der Waals surface area contributed by atoms with E-state index in [4.69, 9.17) is 15.4 Å². The quantitative estimate of drug-likeness (QED) is 0.404. The minimum Gasteiger partial charge on any atom is -0.396 e. The maximum Gasteiger partial charge on any atom is 0.214 e. The molecule has 0 amide bonds. The van der Waals surface area contributed by atoms with Gasteiger partial charge in [0.15, 0.2) is 0 Å². The average Bonchev–Trinajstić information content (AvgIpc) is 2.08. The van der Waals surface area contributed by atoms with E-state index in [2.05, 4.69) is 5.32 Å². The number of aliphatic hydroxyl groups is 1. The highest BCUT2D eigenvalue weighted by Crippen LogP contribution is 2.13. The summed E-state index contributed by atoms with van der Waals surface area (Å²) in [6, 6.07) is 0. The number of halogens is 1. The molecular formula is C9H23ClN4O5S2. The van der Waals surface area contributed by atoms with Gasteiger partial charge in [-0.15, -0.1) is 12.4 Å². The minimum absolute atomic E-state index is 0. The van der Waals surface area contributed by atoms with Gasteiger partial charge >= 0.3 is 0 Å². The zero-order valence-corrected chi connectivity index (χ0v) is 14.0. The van der Waals surface area contributed by atoms with E-state index < -0.39 is 25.3 Å². The van der Waals surface area contributed by atoms with E-state index in [9.17, 15) is 16.8 Å². The van der Waals surface area contributed by atoms with Crippen molar-refractivity contribution in [2.24, 2.45) is 10.3 Å². The normalized spacial score (nSPS) is 20.5. The summed E-state index contributed by atoms with van der Waals surface area (Å²) in [6.07, 6.45) is 0.692. The molecule has 0 aromatic carbocycles. The van der Waals surface area contributed by atoms with Gasteiger partial charge in [-0.2, -0.15) is 0 Å². The summed E-state index contributed by atoms with van der Waals surface area (Å²) in [5, 5.41) is 20.3. The van der Waals surface area contributed by atoms with Gasteiger partial charge in [0.1, 0.15) is 5.25 Å². The van der Waals surface area contributed by atoms with E-state index in [0.717, 1.165) is 6.54 Å². The van der Waals surface area contributed by atoms with Gasteiger partial charge in [-0.1, -0.05) is 0 Å². The van der Waals surface area contributed by atoms with Crippen LogP contribution in [0.5, 0.6) is 0 Å². The molecule has 0 aromatic heterocycles. The van der Waals surface area contributed by atoms with Gasteiger partial charge in [-0.3, -0.25) is 0 Å². The number of sulfonamides is 2. The number of hydrogen-bond donors (Lipinski definition) is 4. The van der Waals surface area contributed by atoms with Crippen LogP contribution in [0.15, 0.2) is 0 Å². The van der Waals surface area contributed by atoms with E-state index >= 15 is 0 Å². The van der Waals surface area contributed by atoms with Crippen LogP contribution in [0, 0.1) is 0 Å². The van der Waals surface area contributed by atoms with Crippen LogP contribution in [-0.2, 0) is 20.0 Å². The topological polar surface area (TPSA) is 156 Å². The Bertz CT molecular complexity index is 502. The lowest BCUT2D eigenvalue weighted by atomic mass is 10.2. The molecule has 0 aromatic rings. The molecule has 2 fully saturated rings. The molecule has 0 unspecified atom stereocenters. The Balaban J connectivity index is 0.000000390. The van der Waals surface area contributed by atoms with Crippen molar-refractivity contribution in [1.29, 1.82) is 0 Å². The van der Waals surface area contributed by atoms with Gasteiger partial charge in [0, 0.05) is 39.3 Å². The Hall–Kier alpha value is -0.0100. The van der Waals surface area contributed by atoms with Crippen molar-refractivity contribution in [3.63, 3.8) is 0 Å². The fourth-order valence-corrected chi connectivity index (χ4v) is 3.24. The third kappa shape index (κ3) is 7.19. The summed E-state index contributed by atoms with van der Waals surface area (Å²) in [6.45, 7) is 2.95. The van der Waals surface area contributed by atoms with Crippen molar-refractivity contribution in [2.45, 2.75) is 16.9 Å². The van der Waals surface area contributed by atoms with E-state index in [0.29, 0.717) is 32.6 Å². The third-order valence-electron chi connectivity index (χ3n) is 3.23. The number of hydrogen-bond acceptors (Lipinski definition) is 7. The number of aliphatic hydroxyl groups excluding tert-OH is 1. The van der Waals surface area contributed by atoms with Crippen LogP contribution in [0.4, 0.5) is 0 Å². The van der Waals surface area contributed by atoms with Gasteiger partial charge in [0.05, 0.1) is 5.25 Å². The number of nitrogens with two attached hydrogens (primary N) is 2. The van der Waals surface area contributed by atoms with Gasteiger partial charge in [0.25, 0.3) is 0 Å². The molecule has 0 atom stereocenters. The van der Waals surface area contributed by atoms with E-state index in [1.807, 2.05) is 4.90 Å². The summed E-state index contributed by atoms with van der Waals surface area (Å²) in [4.78, 5) is 1.96. The molecule has 2 aliphatic rings. The first-order chi connectivity index (χ1) is 9.14. The summed E-state index contributed by atoms with van der Waals surface area (Å²) in [7, 11) is -6.56. The zero-order valence-electron chi connectivity index (χ0n) is 11.5. The fourth-order valence-electron chi connectivity index (χ4n) is 1.70. The average molecular weight is 367 g/mol. The summed E-state index contributed by atoms with van der Waals surface area (Å²) >= 11 is 0. The largest absolute Gasteiger partial charge is 0.396 e. The molecule has 2 aliphatic heterocycles. The predicted octanol–water partition coefficient (Wildman–Crippen LogP) is -2.99. The number of rotatable bonds is 5. The molecule has 0 spiro atoms. The molecule has 21 heavy (non-hydrogen) atoms. The lowest BCUT2D eigenvalue weighted by Crippen LogP contribution is -2.56. The lowest BCUT2D eigenvalue weighted by Gasteiger charge is -2.37. The van der Waals surface area contributed by atoms with Crippen LogP contribution in [0.1, 0.15) is 6.42 Å².